The Kier molecular flexibility index (Phi) is 5.98. The van der Waals surface area contributed by atoms with Crippen LogP contribution in [0.25, 0.3) is 0 Å². The fourth-order valence-corrected chi connectivity index (χ4v) is 2.04. The van der Waals surface area contributed by atoms with Gasteiger partial charge in [0.2, 0.25) is 0 Å². The first-order chi connectivity index (χ1) is 8.15. The quantitative estimate of drug-likeness (QED) is 0.779. The predicted octanol–water partition coefficient (Wildman–Crippen LogP) is 3.72. The average molecular weight is 250 g/mol. The highest BCUT2D eigenvalue weighted by Gasteiger charge is 2.02. The van der Waals surface area contributed by atoms with Gasteiger partial charge in [-0.3, -0.25) is 0 Å². The Hall–Kier alpha value is -1.09. The van der Waals surface area contributed by atoms with E-state index in [9.17, 15) is 0 Å². The highest BCUT2D eigenvalue weighted by atomic mass is 32.1. The van der Waals surface area contributed by atoms with Gasteiger partial charge in [0.15, 0.2) is 5.11 Å². The number of nitrogens with one attached hydrogen (secondary N) is 2. The molecule has 0 bridgehead atoms. The zero-order chi connectivity index (χ0) is 12.7. The summed E-state index contributed by atoms with van der Waals surface area (Å²) in [6, 6.07) is 8.81. The van der Waals surface area contributed by atoms with Gasteiger partial charge in [-0.05, 0) is 49.7 Å². The molecule has 0 fully saturated rings. The van der Waals surface area contributed by atoms with Gasteiger partial charge >= 0.3 is 0 Å². The fraction of sp³-hybridized carbons (Fsp3) is 0.500. The van der Waals surface area contributed by atoms with Crippen LogP contribution in [0.4, 0.5) is 5.69 Å². The third-order valence-electron chi connectivity index (χ3n) is 2.72. The Bertz CT molecular complexity index is 346. The summed E-state index contributed by atoms with van der Waals surface area (Å²) < 4.78 is 0. The lowest BCUT2D eigenvalue weighted by molar-refractivity contribution is 0.599. The van der Waals surface area contributed by atoms with E-state index in [0.717, 1.165) is 18.5 Å². The minimum atomic E-state index is 0.426. The highest BCUT2D eigenvalue weighted by Crippen LogP contribution is 2.09. The number of hydrogen-bond donors (Lipinski definition) is 2. The molecule has 0 aliphatic heterocycles. The predicted molar refractivity (Wildman–Crippen MR) is 79.5 cm³/mol. The first-order valence-electron chi connectivity index (χ1n) is 6.32. The number of benzene rings is 1. The molecule has 2 nitrogen and oxygen atoms in total. The molecule has 94 valence electrons. The van der Waals surface area contributed by atoms with Gasteiger partial charge in [-0.1, -0.05) is 32.4 Å². The van der Waals surface area contributed by atoms with Crippen molar-refractivity contribution in [3.05, 3.63) is 29.8 Å². The number of thiocarbonyl (C=S) groups is 1. The van der Waals surface area contributed by atoms with Crippen molar-refractivity contribution in [3.8, 4) is 0 Å². The van der Waals surface area contributed by atoms with Crippen molar-refractivity contribution in [3.63, 3.8) is 0 Å². The summed E-state index contributed by atoms with van der Waals surface area (Å²) in [5.41, 5.74) is 2.39. The van der Waals surface area contributed by atoms with E-state index in [1.807, 2.05) is 0 Å². The van der Waals surface area contributed by atoms with Crippen LogP contribution in [0.3, 0.4) is 0 Å². The van der Waals surface area contributed by atoms with E-state index in [1.54, 1.807) is 0 Å². The molecule has 0 aromatic heterocycles. The smallest absolute Gasteiger partial charge is 0.170 e. The van der Waals surface area contributed by atoms with Crippen LogP contribution in [0.2, 0.25) is 0 Å². The molecule has 0 aliphatic rings. The summed E-state index contributed by atoms with van der Waals surface area (Å²) in [6.45, 7) is 6.48. The number of hydrogen-bond acceptors (Lipinski definition) is 1. The maximum Gasteiger partial charge on any atom is 0.170 e. The summed E-state index contributed by atoms with van der Waals surface area (Å²) >= 11 is 5.27. The lowest BCUT2D eigenvalue weighted by atomic mass is 10.1. The SMILES string of the molecule is CCC[C@H](C)NC(=S)Nc1ccc(CC)cc1. The number of anilines is 1. The van der Waals surface area contributed by atoms with Crippen molar-refractivity contribution in [1.82, 2.24) is 5.32 Å². The Morgan fingerprint density at radius 1 is 1.24 bits per heavy atom. The van der Waals surface area contributed by atoms with Gasteiger partial charge in [0.05, 0.1) is 0 Å². The van der Waals surface area contributed by atoms with Crippen LogP contribution >= 0.6 is 12.2 Å². The third-order valence-corrected chi connectivity index (χ3v) is 2.94. The molecule has 1 aromatic carbocycles. The van der Waals surface area contributed by atoms with Gasteiger partial charge in [-0.2, -0.15) is 0 Å². The van der Waals surface area contributed by atoms with E-state index in [4.69, 9.17) is 12.2 Å². The van der Waals surface area contributed by atoms with E-state index in [0.29, 0.717) is 11.2 Å². The maximum absolute atomic E-state index is 5.27. The van der Waals surface area contributed by atoms with Crippen LogP contribution in [0.1, 0.15) is 39.2 Å². The van der Waals surface area contributed by atoms with E-state index in [2.05, 4.69) is 55.7 Å². The van der Waals surface area contributed by atoms with E-state index >= 15 is 0 Å². The molecule has 0 saturated heterocycles. The Labute approximate surface area is 110 Å². The van der Waals surface area contributed by atoms with Crippen molar-refractivity contribution in [1.29, 1.82) is 0 Å². The molecule has 1 aromatic rings. The molecule has 0 heterocycles. The van der Waals surface area contributed by atoms with Gasteiger partial charge in [-0.25, -0.2) is 0 Å². The molecule has 1 atom stereocenters. The molecule has 3 heteroatoms. The van der Waals surface area contributed by atoms with Crippen molar-refractivity contribution in [2.75, 3.05) is 5.32 Å². The van der Waals surface area contributed by atoms with Crippen molar-refractivity contribution in [2.45, 2.75) is 46.1 Å². The molecule has 1 rings (SSSR count). The second-order valence-corrected chi connectivity index (χ2v) is 4.75. The molecule has 0 spiro atoms. The van der Waals surface area contributed by atoms with Gasteiger partial charge in [0.25, 0.3) is 0 Å². The Morgan fingerprint density at radius 2 is 1.88 bits per heavy atom. The summed E-state index contributed by atoms with van der Waals surface area (Å²) in [7, 11) is 0. The first kappa shape index (κ1) is 14.0. The molecule has 0 aliphatic carbocycles. The Morgan fingerprint density at radius 3 is 2.41 bits per heavy atom. The molecule has 2 N–H and O–H groups in total. The Balaban J connectivity index is 2.44. The molecule has 0 unspecified atom stereocenters. The zero-order valence-corrected chi connectivity index (χ0v) is 11.7. The minimum Gasteiger partial charge on any atom is -0.360 e. The van der Waals surface area contributed by atoms with E-state index in [-0.39, 0.29) is 0 Å². The summed E-state index contributed by atoms with van der Waals surface area (Å²) in [6.07, 6.45) is 3.37. The largest absolute Gasteiger partial charge is 0.360 e. The van der Waals surface area contributed by atoms with Crippen LogP contribution in [-0.4, -0.2) is 11.2 Å². The van der Waals surface area contributed by atoms with Crippen LogP contribution < -0.4 is 10.6 Å². The van der Waals surface area contributed by atoms with Gasteiger partial charge in [-0.15, -0.1) is 0 Å². The van der Waals surface area contributed by atoms with E-state index in [1.165, 1.54) is 12.0 Å². The van der Waals surface area contributed by atoms with Gasteiger partial charge in [0, 0.05) is 11.7 Å². The van der Waals surface area contributed by atoms with Gasteiger partial charge < -0.3 is 10.6 Å². The second-order valence-electron chi connectivity index (χ2n) is 4.34. The van der Waals surface area contributed by atoms with E-state index < -0.39 is 0 Å². The van der Waals surface area contributed by atoms with Crippen molar-refractivity contribution < 1.29 is 0 Å². The lowest BCUT2D eigenvalue weighted by Gasteiger charge is -2.16. The standard InChI is InChI=1S/C14H22N2S/c1-4-6-11(3)15-14(17)16-13-9-7-12(5-2)8-10-13/h7-11H,4-6H2,1-3H3,(H2,15,16,17)/t11-/m0/s1. The molecule has 0 saturated carbocycles. The van der Waals surface area contributed by atoms with Crippen LogP contribution in [-0.2, 0) is 6.42 Å². The van der Waals surface area contributed by atoms with Crippen LogP contribution in [0.15, 0.2) is 24.3 Å². The molecular formula is C14H22N2S. The molecule has 0 radical (unpaired) electrons. The highest BCUT2D eigenvalue weighted by molar-refractivity contribution is 7.80. The normalized spacial score (nSPS) is 11.9. The summed E-state index contributed by atoms with van der Waals surface area (Å²) in [5, 5.41) is 7.18. The topological polar surface area (TPSA) is 24.1 Å². The number of rotatable bonds is 5. The van der Waals surface area contributed by atoms with Crippen molar-refractivity contribution >= 4 is 23.0 Å². The average Bonchev–Trinajstić information content (AvgIpc) is 2.30. The maximum atomic E-state index is 5.27. The minimum absolute atomic E-state index is 0.426. The van der Waals surface area contributed by atoms with Gasteiger partial charge in [0.1, 0.15) is 0 Å². The number of aryl methyl sites for hydroxylation is 1. The molecule has 0 amide bonds. The second kappa shape index (κ2) is 7.28. The summed E-state index contributed by atoms with van der Waals surface area (Å²) in [5.74, 6) is 0. The fourth-order valence-electron chi connectivity index (χ4n) is 1.72. The zero-order valence-electron chi connectivity index (χ0n) is 10.9. The summed E-state index contributed by atoms with van der Waals surface area (Å²) in [4.78, 5) is 0. The monoisotopic (exact) mass is 250 g/mol. The third kappa shape index (κ3) is 5.18. The molecular weight excluding hydrogens is 228 g/mol. The van der Waals surface area contributed by atoms with Crippen LogP contribution in [0.5, 0.6) is 0 Å². The lowest BCUT2D eigenvalue weighted by Crippen LogP contribution is -2.35. The van der Waals surface area contributed by atoms with Crippen molar-refractivity contribution in [2.24, 2.45) is 0 Å². The molecule has 17 heavy (non-hydrogen) atoms. The first-order valence-corrected chi connectivity index (χ1v) is 6.73. The van der Waals surface area contributed by atoms with Crippen LogP contribution in [0, 0.1) is 0 Å².